The molecule has 2 aromatic rings. The van der Waals surface area contributed by atoms with Gasteiger partial charge in [-0.1, -0.05) is 34.8 Å². The molecule has 0 aliphatic carbocycles. The third kappa shape index (κ3) is 2.36. The predicted molar refractivity (Wildman–Crippen MR) is 70.5 cm³/mol. The summed E-state index contributed by atoms with van der Waals surface area (Å²) in [6.45, 7) is 1.92. The van der Waals surface area contributed by atoms with E-state index in [9.17, 15) is 4.79 Å². The van der Waals surface area contributed by atoms with Crippen molar-refractivity contribution in [2.24, 2.45) is 0 Å². The molecule has 0 radical (unpaired) electrons. The summed E-state index contributed by atoms with van der Waals surface area (Å²) < 4.78 is 4.83. The van der Waals surface area contributed by atoms with E-state index in [0.29, 0.717) is 20.9 Å². The van der Waals surface area contributed by atoms with Crippen molar-refractivity contribution in [1.29, 1.82) is 0 Å². The highest BCUT2D eigenvalue weighted by Crippen LogP contribution is 2.31. The Morgan fingerprint density at radius 2 is 1.89 bits per heavy atom. The van der Waals surface area contributed by atoms with E-state index in [4.69, 9.17) is 39.5 Å². The van der Waals surface area contributed by atoms with Crippen LogP contribution in [0.5, 0.6) is 0 Å². The van der Waals surface area contributed by atoms with Crippen molar-refractivity contribution >= 4 is 51.7 Å². The topological polar surface area (TPSA) is 52.1 Å². The van der Waals surface area contributed by atoms with Crippen LogP contribution in [0.15, 0.2) is 12.1 Å². The number of carbonyl (C=O) groups is 1. The van der Waals surface area contributed by atoms with Crippen LogP contribution in [-0.2, 0) is 4.74 Å². The first-order valence-corrected chi connectivity index (χ1v) is 6.16. The molecule has 0 aliphatic rings. The van der Waals surface area contributed by atoms with Crippen molar-refractivity contribution < 1.29 is 9.53 Å². The number of carbonyl (C=O) groups excluding carboxylic acids is 1. The fraction of sp³-hybridized carbons (Fsp3) is 0.182. The summed E-state index contributed by atoms with van der Waals surface area (Å²) in [5.74, 6) is -0.622. The van der Waals surface area contributed by atoms with Gasteiger partial charge in [-0.15, -0.1) is 10.2 Å². The quantitative estimate of drug-likeness (QED) is 0.793. The molecule has 94 valence electrons. The van der Waals surface area contributed by atoms with E-state index >= 15 is 0 Å². The SMILES string of the molecule is CCOC(=O)c1nnc2cc(Cl)c(Cl)cc2c1Cl. The zero-order valence-corrected chi connectivity index (χ0v) is 11.5. The van der Waals surface area contributed by atoms with Gasteiger partial charge in [-0.25, -0.2) is 4.79 Å². The van der Waals surface area contributed by atoms with Crippen LogP contribution in [0.2, 0.25) is 15.1 Å². The number of esters is 1. The van der Waals surface area contributed by atoms with Crippen LogP contribution in [0.3, 0.4) is 0 Å². The monoisotopic (exact) mass is 304 g/mol. The van der Waals surface area contributed by atoms with Crippen LogP contribution in [0.4, 0.5) is 0 Å². The molecular weight excluding hydrogens is 298 g/mol. The molecule has 2 rings (SSSR count). The van der Waals surface area contributed by atoms with Crippen LogP contribution < -0.4 is 0 Å². The standard InChI is InChI=1S/C11H7Cl3N2O2/c1-2-18-11(17)10-9(14)5-3-6(12)7(13)4-8(5)15-16-10/h3-4H,2H2,1H3. The van der Waals surface area contributed by atoms with E-state index in [-0.39, 0.29) is 17.3 Å². The number of halogens is 3. The minimum absolute atomic E-state index is 0.0376. The summed E-state index contributed by atoms with van der Waals surface area (Å²) in [4.78, 5) is 11.6. The molecular formula is C11H7Cl3N2O2. The molecule has 7 heteroatoms. The molecule has 4 nitrogen and oxygen atoms in total. The molecule has 0 N–H and O–H groups in total. The van der Waals surface area contributed by atoms with Gasteiger partial charge in [-0.2, -0.15) is 0 Å². The molecule has 1 heterocycles. The first-order chi connectivity index (χ1) is 8.54. The van der Waals surface area contributed by atoms with Crippen molar-refractivity contribution in [3.8, 4) is 0 Å². The van der Waals surface area contributed by atoms with Gasteiger partial charge in [0.1, 0.15) is 0 Å². The van der Waals surface area contributed by atoms with Gasteiger partial charge in [-0.05, 0) is 19.1 Å². The Bertz CT molecular complexity index is 631. The highest BCUT2D eigenvalue weighted by atomic mass is 35.5. The Morgan fingerprint density at radius 1 is 1.22 bits per heavy atom. The molecule has 0 saturated heterocycles. The molecule has 0 atom stereocenters. The zero-order chi connectivity index (χ0) is 13.3. The average molecular weight is 306 g/mol. The second-order valence-corrected chi connectivity index (χ2v) is 4.56. The summed E-state index contributed by atoms with van der Waals surface area (Å²) in [6.07, 6.45) is 0. The number of ether oxygens (including phenoxy) is 1. The number of hydrogen-bond acceptors (Lipinski definition) is 4. The highest BCUT2D eigenvalue weighted by Gasteiger charge is 2.18. The zero-order valence-electron chi connectivity index (χ0n) is 9.21. The van der Waals surface area contributed by atoms with Gasteiger partial charge < -0.3 is 4.74 Å². The van der Waals surface area contributed by atoms with E-state index in [2.05, 4.69) is 10.2 Å². The van der Waals surface area contributed by atoms with Gasteiger partial charge in [0.15, 0.2) is 5.69 Å². The lowest BCUT2D eigenvalue weighted by atomic mass is 10.2. The number of hydrogen-bond donors (Lipinski definition) is 0. The van der Waals surface area contributed by atoms with Gasteiger partial charge >= 0.3 is 5.97 Å². The Kier molecular flexibility index (Phi) is 3.90. The van der Waals surface area contributed by atoms with E-state index in [0.717, 1.165) is 0 Å². The maximum absolute atomic E-state index is 11.6. The van der Waals surface area contributed by atoms with Gasteiger partial charge in [0, 0.05) is 5.39 Å². The Morgan fingerprint density at radius 3 is 2.56 bits per heavy atom. The summed E-state index contributed by atoms with van der Waals surface area (Å²) in [5, 5.41) is 8.93. The van der Waals surface area contributed by atoms with Crippen molar-refractivity contribution in [2.75, 3.05) is 6.61 Å². The van der Waals surface area contributed by atoms with Gasteiger partial charge in [0.2, 0.25) is 0 Å². The lowest BCUT2D eigenvalue weighted by Crippen LogP contribution is -2.09. The fourth-order valence-corrected chi connectivity index (χ4v) is 1.99. The molecule has 0 spiro atoms. The second kappa shape index (κ2) is 5.26. The molecule has 18 heavy (non-hydrogen) atoms. The first-order valence-electron chi connectivity index (χ1n) is 5.02. The number of fused-ring (bicyclic) bond motifs is 1. The second-order valence-electron chi connectivity index (χ2n) is 3.37. The lowest BCUT2D eigenvalue weighted by Gasteiger charge is -2.06. The van der Waals surface area contributed by atoms with Gasteiger partial charge in [-0.3, -0.25) is 0 Å². The molecule has 0 amide bonds. The Labute approximate surface area is 118 Å². The Hall–Kier alpha value is -1.10. The van der Waals surface area contributed by atoms with Crippen molar-refractivity contribution in [1.82, 2.24) is 10.2 Å². The minimum atomic E-state index is -0.622. The molecule has 1 aromatic carbocycles. The normalized spacial score (nSPS) is 10.7. The number of nitrogens with zero attached hydrogens (tertiary/aromatic N) is 2. The number of benzene rings is 1. The summed E-state index contributed by atoms with van der Waals surface area (Å²) in [5.41, 5.74) is 0.423. The van der Waals surface area contributed by atoms with Gasteiger partial charge in [0.25, 0.3) is 0 Å². The number of rotatable bonds is 2. The van der Waals surface area contributed by atoms with Crippen molar-refractivity contribution in [2.45, 2.75) is 6.92 Å². The highest BCUT2D eigenvalue weighted by molar-refractivity contribution is 6.44. The van der Waals surface area contributed by atoms with E-state index in [1.165, 1.54) is 6.07 Å². The third-order valence-corrected chi connectivity index (χ3v) is 3.31. The van der Waals surface area contributed by atoms with Gasteiger partial charge in [0.05, 0.1) is 27.2 Å². The Balaban J connectivity index is 2.63. The van der Waals surface area contributed by atoms with Crippen LogP contribution >= 0.6 is 34.8 Å². The minimum Gasteiger partial charge on any atom is -0.461 e. The molecule has 0 unspecified atom stereocenters. The van der Waals surface area contributed by atoms with E-state index in [1.807, 2.05) is 0 Å². The summed E-state index contributed by atoms with van der Waals surface area (Å²) >= 11 is 17.8. The molecule has 0 bridgehead atoms. The van der Waals surface area contributed by atoms with E-state index in [1.54, 1.807) is 13.0 Å². The van der Waals surface area contributed by atoms with Crippen LogP contribution in [0.25, 0.3) is 10.9 Å². The van der Waals surface area contributed by atoms with Crippen LogP contribution in [0.1, 0.15) is 17.4 Å². The average Bonchev–Trinajstić information content (AvgIpc) is 2.32. The first kappa shape index (κ1) is 13.3. The summed E-state index contributed by atoms with van der Waals surface area (Å²) in [7, 11) is 0. The lowest BCUT2D eigenvalue weighted by molar-refractivity contribution is 0.0518. The molecule has 0 saturated carbocycles. The summed E-state index contributed by atoms with van der Waals surface area (Å²) in [6, 6.07) is 3.08. The largest absolute Gasteiger partial charge is 0.461 e. The van der Waals surface area contributed by atoms with Crippen molar-refractivity contribution in [3.63, 3.8) is 0 Å². The third-order valence-electron chi connectivity index (χ3n) is 2.21. The fourth-order valence-electron chi connectivity index (χ4n) is 1.40. The predicted octanol–water partition coefficient (Wildman–Crippen LogP) is 3.77. The van der Waals surface area contributed by atoms with Crippen molar-refractivity contribution in [3.05, 3.63) is 32.9 Å². The smallest absolute Gasteiger partial charge is 0.360 e. The van der Waals surface area contributed by atoms with Crippen LogP contribution in [0, 0.1) is 0 Å². The molecule has 0 fully saturated rings. The maximum atomic E-state index is 11.6. The maximum Gasteiger partial charge on any atom is 0.360 e. The van der Waals surface area contributed by atoms with Crippen LogP contribution in [-0.4, -0.2) is 22.8 Å². The van der Waals surface area contributed by atoms with E-state index < -0.39 is 5.97 Å². The number of aromatic nitrogens is 2. The molecule has 1 aromatic heterocycles. The molecule has 0 aliphatic heterocycles.